The van der Waals surface area contributed by atoms with Crippen LogP contribution >= 0.6 is 0 Å². The van der Waals surface area contributed by atoms with Gasteiger partial charge in [0.15, 0.2) is 0 Å². The van der Waals surface area contributed by atoms with Crippen LogP contribution in [0.2, 0.25) is 0 Å². The summed E-state index contributed by atoms with van der Waals surface area (Å²) in [5.41, 5.74) is 5.61. The molecule has 0 amide bonds. The van der Waals surface area contributed by atoms with Crippen molar-refractivity contribution in [3.63, 3.8) is 0 Å². The summed E-state index contributed by atoms with van der Waals surface area (Å²) in [5, 5.41) is 0. The second kappa shape index (κ2) is 9.98. The van der Waals surface area contributed by atoms with Crippen LogP contribution in [0.3, 0.4) is 0 Å². The Balaban J connectivity index is -0.000000722. The smallest absolute Gasteiger partial charge is 1.00 e. The van der Waals surface area contributed by atoms with E-state index in [2.05, 4.69) is 70.2 Å². The molecule has 0 aliphatic carbocycles. The Morgan fingerprint density at radius 2 is 1.35 bits per heavy atom. The fraction of sp³-hybridized carbons (Fsp3) is 0.312. The van der Waals surface area contributed by atoms with Crippen LogP contribution in [0.1, 0.15) is 36.1 Å². The van der Waals surface area contributed by atoms with Crippen LogP contribution in [0.4, 0.5) is 0 Å². The Morgan fingerprint density at radius 3 is 1.80 bits per heavy atom. The molecule has 0 fully saturated rings. The number of aryl methyl sites for hydroxylation is 2. The molecule has 0 aromatic heterocycles. The average Bonchev–Trinajstić information content (AvgIpc) is 2.75. The van der Waals surface area contributed by atoms with Crippen molar-refractivity contribution < 1.29 is 58.9 Å². The fourth-order valence-electron chi connectivity index (χ4n) is 2.09. The largest absolute Gasteiger partial charge is 4.00 e. The summed E-state index contributed by atoms with van der Waals surface area (Å²) in [6.45, 7) is 8.91. The molecule has 20 heavy (non-hydrogen) atoms. The molecule has 2 aromatic rings. The van der Waals surface area contributed by atoms with Crippen molar-refractivity contribution in [3.05, 3.63) is 64.7 Å². The summed E-state index contributed by atoms with van der Waals surface area (Å²) in [7, 11) is 0. The summed E-state index contributed by atoms with van der Waals surface area (Å²) >= 11 is 0. The van der Waals surface area contributed by atoms with E-state index in [0.717, 1.165) is 0 Å². The van der Waals surface area contributed by atoms with E-state index in [1.807, 2.05) is 0 Å². The maximum absolute atomic E-state index is 2.31. The van der Waals surface area contributed by atoms with Crippen LogP contribution in [0.25, 0.3) is 0 Å². The zero-order valence-corrected chi connectivity index (χ0v) is 16.0. The predicted octanol–water partition coefficient (Wildman–Crippen LogP) is -4.64. The number of halogens is 3. The summed E-state index contributed by atoms with van der Waals surface area (Å²) in [5.74, 6) is 0. The average molecular weight is 366 g/mol. The van der Waals surface area contributed by atoms with Gasteiger partial charge in [-0.25, -0.2) is 12.1 Å². The van der Waals surface area contributed by atoms with Gasteiger partial charge in [0.25, 0.3) is 0 Å². The van der Waals surface area contributed by atoms with Crippen molar-refractivity contribution in [3.8, 4) is 0 Å². The third-order valence-corrected chi connectivity index (χ3v) is 3.61. The van der Waals surface area contributed by atoms with Gasteiger partial charge in [-0.2, -0.15) is 12.1 Å². The number of hydrogen-bond acceptors (Lipinski definition) is 0. The first-order valence-corrected chi connectivity index (χ1v) is 5.82. The molecule has 0 aliphatic heterocycles. The minimum absolute atomic E-state index is 0. The van der Waals surface area contributed by atoms with Crippen LogP contribution in [0.5, 0.6) is 0 Å². The molecule has 2 aromatic carbocycles. The second-order valence-electron chi connectivity index (χ2n) is 5.10. The third kappa shape index (κ3) is 5.17. The first kappa shape index (κ1) is 25.1. The van der Waals surface area contributed by atoms with E-state index in [1.165, 1.54) is 22.3 Å². The van der Waals surface area contributed by atoms with Gasteiger partial charge in [-0.3, -0.25) is 0 Å². The minimum atomic E-state index is 0. The van der Waals surface area contributed by atoms with E-state index < -0.39 is 0 Å². The van der Waals surface area contributed by atoms with Crippen molar-refractivity contribution >= 4 is 0 Å². The first-order valence-electron chi connectivity index (χ1n) is 5.82. The van der Waals surface area contributed by atoms with Gasteiger partial charge >= 0.3 is 21.7 Å². The summed E-state index contributed by atoms with van der Waals surface area (Å²) in [4.78, 5) is 0. The van der Waals surface area contributed by atoms with Crippen molar-refractivity contribution in [2.45, 2.75) is 33.1 Å². The number of rotatable bonds is 2. The molecule has 4 heteroatoms. The summed E-state index contributed by atoms with van der Waals surface area (Å²) < 4.78 is 0. The van der Waals surface area contributed by atoms with Crippen molar-refractivity contribution in [2.24, 2.45) is 0 Å². The molecule has 0 unspecified atom stereocenters. The second-order valence-corrected chi connectivity index (χ2v) is 5.10. The van der Waals surface area contributed by atoms with E-state index in [4.69, 9.17) is 0 Å². The summed E-state index contributed by atoms with van der Waals surface area (Å²) in [6.07, 6.45) is 0. The Labute approximate surface area is 156 Å². The molecule has 0 spiro atoms. The van der Waals surface area contributed by atoms with E-state index in [9.17, 15) is 0 Å². The van der Waals surface area contributed by atoms with Crippen LogP contribution < -0.4 is 37.2 Å². The molecular formula is C16H19Cl3Ti. The molecule has 0 saturated heterocycles. The van der Waals surface area contributed by atoms with E-state index in [0.29, 0.717) is 0 Å². The van der Waals surface area contributed by atoms with Crippen LogP contribution in [0, 0.1) is 13.8 Å². The van der Waals surface area contributed by atoms with Gasteiger partial charge in [0, 0.05) is 0 Å². The van der Waals surface area contributed by atoms with Crippen molar-refractivity contribution in [2.75, 3.05) is 0 Å². The zero-order valence-electron chi connectivity index (χ0n) is 12.2. The van der Waals surface area contributed by atoms with Crippen LogP contribution in [0.15, 0.2) is 42.5 Å². The molecule has 0 aliphatic rings. The van der Waals surface area contributed by atoms with Gasteiger partial charge in [-0.05, 0) is 36.0 Å². The monoisotopic (exact) mass is 364 g/mol. The molecular weight excluding hydrogens is 346 g/mol. The third-order valence-electron chi connectivity index (χ3n) is 3.61. The maximum atomic E-state index is 2.31. The van der Waals surface area contributed by atoms with Crippen LogP contribution in [-0.2, 0) is 27.1 Å². The Kier molecular flexibility index (Phi) is 12.5. The molecule has 108 valence electrons. The van der Waals surface area contributed by atoms with Gasteiger partial charge < -0.3 is 37.2 Å². The van der Waals surface area contributed by atoms with Gasteiger partial charge in [0.05, 0.1) is 0 Å². The standard InChI is InChI=1S/C16H19.3ClH.Ti/c1-12-9-10-15(11-13(12)2)16(3,4)14-7-5-6-8-14;;;;/h5-11H,1-4H3;3*1H;/q-1;;;;+4/p-3. The molecule has 0 radical (unpaired) electrons. The molecule has 0 bridgehead atoms. The van der Waals surface area contributed by atoms with Crippen molar-refractivity contribution in [1.82, 2.24) is 0 Å². The van der Waals surface area contributed by atoms with Crippen molar-refractivity contribution in [1.29, 1.82) is 0 Å². The molecule has 0 N–H and O–H groups in total. The molecule has 0 nitrogen and oxygen atoms in total. The Bertz CT molecular complexity index is 490. The van der Waals surface area contributed by atoms with Gasteiger partial charge in [0.1, 0.15) is 0 Å². The molecule has 2 rings (SSSR count). The molecule has 0 saturated carbocycles. The van der Waals surface area contributed by atoms with Gasteiger partial charge in [-0.1, -0.05) is 32.0 Å². The van der Waals surface area contributed by atoms with E-state index in [-0.39, 0.29) is 64.4 Å². The van der Waals surface area contributed by atoms with Gasteiger partial charge in [-0.15, -0.1) is 5.56 Å². The van der Waals surface area contributed by atoms with E-state index in [1.54, 1.807) is 0 Å². The predicted molar refractivity (Wildman–Crippen MR) is 70.1 cm³/mol. The SMILES string of the molecule is Cc1ccc(C(C)(C)[c-]2cccc2)cc1C.[Cl-].[Cl-].[Cl-].[Ti+4]. The number of benzene rings is 1. The Morgan fingerprint density at radius 1 is 0.850 bits per heavy atom. The van der Waals surface area contributed by atoms with Gasteiger partial charge in [0.2, 0.25) is 0 Å². The molecule has 0 atom stereocenters. The van der Waals surface area contributed by atoms with Crippen LogP contribution in [-0.4, -0.2) is 0 Å². The number of hydrogen-bond donors (Lipinski definition) is 0. The molecule has 0 heterocycles. The Hall–Kier alpha value is 0.154. The summed E-state index contributed by atoms with van der Waals surface area (Å²) in [6, 6.07) is 15.4. The zero-order chi connectivity index (χ0) is 11.8. The van der Waals surface area contributed by atoms with E-state index >= 15 is 0 Å². The minimum Gasteiger partial charge on any atom is -1.00 e. The topological polar surface area (TPSA) is 0 Å². The first-order chi connectivity index (χ1) is 7.51. The normalized spacial score (nSPS) is 9.40. The quantitative estimate of drug-likeness (QED) is 0.371. The fourth-order valence-corrected chi connectivity index (χ4v) is 2.09. The maximum Gasteiger partial charge on any atom is 4.00 e.